The Balaban J connectivity index is 2.42. The third-order valence-electron chi connectivity index (χ3n) is 2.58. The lowest BCUT2D eigenvalue weighted by atomic mass is 10.1. The summed E-state index contributed by atoms with van der Waals surface area (Å²) in [6.07, 6.45) is 1.34. The van der Waals surface area contributed by atoms with Gasteiger partial charge in [0.25, 0.3) is 0 Å². The van der Waals surface area contributed by atoms with E-state index in [-0.39, 0.29) is 17.6 Å². The van der Waals surface area contributed by atoms with Gasteiger partial charge >= 0.3 is 5.97 Å². The molecule has 5 heteroatoms. The fourth-order valence-corrected chi connectivity index (χ4v) is 1.79. The van der Waals surface area contributed by atoms with Crippen LogP contribution in [0.3, 0.4) is 0 Å². The second-order valence-corrected chi connectivity index (χ2v) is 3.70. The minimum absolute atomic E-state index is 0.0229. The third-order valence-corrected chi connectivity index (χ3v) is 2.58. The molecule has 0 radical (unpaired) electrons. The standard InChI is InChI=1S/C13H13FO4/c1-3-17-11(15)6-8-7-18-9-4-5-10(16-2)13(14)12(8)9/h4-5,7H,3,6H2,1-2H3. The van der Waals surface area contributed by atoms with Gasteiger partial charge in [0.2, 0.25) is 0 Å². The number of fused-ring (bicyclic) bond motifs is 1. The number of methoxy groups -OCH3 is 1. The molecule has 0 saturated carbocycles. The molecule has 0 spiro atoms. The maximum atomic E-state index is 14.1. The van der Waals surface area contributed by atoms with Crippen molar-refractivity contribution >= 4 is 16.9 Å². The molecule has 0 saturated heterocycles. The van der Waals surface area contributed by atoms with Crippen LogP contribution >= 0.6 is 0 Å². The average molecular weight is 252 g/mol. The highest BCUT2D eigenvalue weighted by Gasteiger charge is 2.17. The molecule has 1 aromatic carbocycles. The van der Waals surface area contributed by atoms with E-state index >= 15 is 0 Å². The van der Waals surface area contributed by atoms with E-state index < -0.39 is 11.8 Å². The SMILES string of the molecule is CCOC(=O)Cc1coc2ccc(OC)c(F)c12. The highest BCUT2D eigenvalue weighted by molar-refractivity contribution is 5.87. The van der Waals surface area contributed by atoms with Gasteiger partial charge in [-0.3, -0.25) is 4.79 Å². The lowest BCUT2D eigenvalue weighted by molar-refractivity contribution is -0.142. The van der Waals surface area contributed by atoms with Crippen molar-refractivity contribution in [3.05, 3.63) is 29.8 Å². The van der Waals surface area contributed by atoms with E-state index in [9.17, 15) is 9.18 Å². The largest absolute Gasteiger partial charge is 0.494 e. The Labute approximate surface area is 103 Å². The van der Waals surface area contributed by atoms with Gasteiger partial charge in [-0.2, -0.15) is 0 Å². The highest BCUT2D eigenvalue weighted by Crippen LogP contribution is 2.30. The van der Waals surface area contributed by atoms with Crippen LogP contribution in [0.15, 0.2) is 22.8 Å². The summed E-state index contributed by atoms with van der Waals surface area (Å²) in [7, 11) is 1.38. The number of rotatable bonds is 4. The first-order valence-corrected chi connectivity index (χ1v) is 5.55. The zero-order chi connectivity index (χ0) is 13.1. The second kappa shape index (κ2) is 5.08. The molecule has 96 valence electrons. The van der Waals surface area contributed by atoms with Crippen LogP contribution in [0.1, 0.15) is 12.5 Å². The van der Waals surface area contributed by atoms with E-state index in [2.05, 4.69) is 0 Å². The molecule has 2 rings (SSSR count). The van der Waals surface area contributed by atoms with E-state index in [0.717, 1.165) is 0 Å². The number of furan rings is 1. The van der Waals surface area contributed by atoms with E-state index in [4.69, 9.17) is 13.9 Å². The molecular weight excluding hydrogens is 239 g/mol. The maximum absolute atomic E-state index is 14.1. The summed E-state index contributed by atoms with van der Waals surface area (Å²) in [6, 6.07) is 3.08. The maximum Gasteiger partial charge on any atom is 0.310 e. The van der Waals surface area contributed by atoms with Gasteiger partial charge in [-0.25, -0.2) is 4.39 Å². The Bertz CT molecular complexity index is 574. The Morgan fingerprint density at radius 2 is 2.22 bits per heavy atom. The molecule has 0 amide bonds. The van der Waals surface area contributed by atoms with Crippen molar-refractivity contribution in [1.29, 1.82) is 0 Å². The molecule has 2 aromatic rings. The topological polar surface area (TPSA) is 48.7 Å². The van der Waals surface area contributed by atoms with Gasteiger partial charge in [-0.1, -0.05) is 0 Å². The predicted octanol–water partition coefficient (Wildman–Crippen LogP) is 2.69. The molecule has 18 heavy (non-hydrogen) atoms. The molecule has 0 aliphatic heterocycles. The molecule has 1 aromatic heterocycles. The van der Waals surface area contributed by atoms with Crippen LogP contribution in [-0.4, -0.2) is 19.7 Å². The summed E-state index contributed by atoms with van der Waals surface area (Å²) in [5.41, 5.74) is 0.840. The molecule has 4 nitrogen and oxygen atoms in total. The lowest BCUT2D eigenvalue weighted by Crippen LogP contribution is -2.07. The fraction of sp³-hybridized carbons (Fsp3) is 0.308. The van der Waals surface area contributed by atoms with Crippen LogP contribution in [0.25, 0.3) is 11.0 Å². The van der Waals surface area contributed by atoms with Gasteiger partial charge in [0.15, 0.2) is 11.6 Å². The highest BCUT2D eigenvalue weighted by atomic mass is 19.1. The van der Waals surface area contributed by atoms with Crippen LogP contribution in [0.2, 0.25) is 0 Å². The van der Waals surface area contributed by atoms with Crippen molar-refractivity contribution in [1.82, 2.24) is 0 Å². The van der Waals surface area contributed by atoms with Crippen molar-refractivity contribution in [2.75, 3.05) is 13.7 Å². The zero-order valence-corrected chi connectivity index (χ0v) is 10.2. The fourth-order valence-electron chi connectivity index (χ4n) is 1.79. The monoisotopic (exact) mass is 252 g/mol. The summed E-state index contributed by atoms with van der Waals surface area (Å²) in [4.78, 5) is 11.4. The third kappa shape index (κ3) is 2.16. The minimum atomic E-state index is -0.525. The Morgan fingerprint density at radius 1 is 1.44 bits per heavy atom. The Morgan fingerprint density at radius 3 is 2.89 bits per heavy atom. The van der Waals surface area contributed by atoms with E-state index in [1.54, 1.807) is 13.0 Å². The summed E-state index contributed by atoms with van der Waals surface area (Å²) in [6.45, 7) is 2.01. The Hall–Kier alpha value is -2.04. The number of carbonyl (C=O) groups is 1. The molecule has 1 heterocycles. The molecule has 0 bridgehead atoms. The summed E-state index contributed by atoms with van der Waals surface area (Å²) in [5.74, 6) is -0.820. The van der Waals surface area contributed by atoms with Crippen molar-refractivity contribution in [2.24, 2.45) is 0 Å². The number of halogens is 1. The normalized spacial score (nSPS) is 10.6. The Kier molecular flexibility index (Phi) is 3.50. The zero-order valence-electron chi connectivity index (χ0n) is 10.2. The number of hydrogen-bond acceptors (Lipinski definition) is 4. The van der Waals surface area contributed by atoms with Crippen LogP contribution in [0.5, 0.6) is 5.75 Å². The van der Waals surface area contributed by atoms with Crippen molar-refractivity contribution in [3.8, 4) is 5.75 Å². The summed E-state index contributed by atoms with van der Waals surface area (Å²) < 4.78 is 29.0. The average Bonchev–Trinajstić information content (AvgIpc) is 2.74. The molecule has 0 aliphatic rings. The molecule has 0 fully saturated rings. The van der Waals surface area contributed by atoms with Gasteiger partial charge in [0.1, 0.15) is 5.58 Å². The van der Waals surface area contributed by atoms with Crippen LogP contribution in [0.4, 0.5) is 4.39 Å². The molecular formula is C13H13FO4. The van der Waals surface area contributed by atoms with Crippen LogP contribution < -0.4 is 4.74 Å². The number of hydrogen-bond donors (Lipinski definition) is 0. The van der Waals surface area contributed by atoms with E-state index in [0.29, 0.717) is 17.8 Å². The van der Waals surface area contributed by atoms with E-state index in [1.807, 2.05) is 0 Å². The number of carbonyl (C=O) groups excluding carboxylic acids is 1. The molecule has 0 atom stereocenters. The lowest BCUT2D eigenvalue weighted by Gasteiger charge is -2.03. The van der Waals surface area contributed by atoms with Gasteiger partial charge in [-0.15, -0.1) is 0 Å². The van der Waals surface area contributed by atoms with E-state index in [1.165, 1.54) is 19.4 Å². The van der Waals surface area contributed by atoms with Gasteiger partial charge < -0.3 is 13.9 Å². The van der Waals surface area contributed by atoms with Crippen molar-refractivity contribution in [2.45, 2.75) is 13.3 Å². The predicted molar refractivity (Wildman–Crippen MR) is 63.1 cm³/mol. The second-order valence-electron chi connectivity index (χ2n) is 3.70. The van der Waals surface area contributed by atoms with Gasteiger partial charge in [0, 0.05) is 5.56 Å². The van der Waals surface area contributed by atoms with Crippen molar-refractivity contribution < 1.29 is 23.1 Å². The first kappa shape index (κ1) is 12.4. The molecule has 0 aliphatic carbocycles. The number of benzene rings is 1. The molecule has 0 unspecified atom stereocenters. The van der Waals surface area contributed by atoms with Crippen LogP contribution in [-0.2, 0) is 16.0 Å². The number of ether oxygens (including phenoxy) is 2. The van der Waals surface area contributed by atoms with Gasteiger partial charge in [-0.05, 0) is 19.1 Å². The first-order valence-electron chi connectivity index (χ1n) is 5.55. The van der Waals surface area contributed by atoms with Crippen LogP contribution in [0, 0.1) is 5.82 Å². The summed E-state index contributed by atoms with van der Waals surface area (Å²) in [5, 5.41) is 0.266. The smallest absolute Gasteiger partial charge is 0.310 e. The van der Waals surface area contributed by atoms with Gasteiger partial charge in [0.05, 0.1) is 31.8 Å². The minimum Gasteiger partial charge on any atom is -0.494 e. The first-order chi connectivity index (χ1) is 8.67. The summed E-state index contributed by atoms with van der Waals surface area (Å²) >= 11 is 0. The molecule has 0 N–H and O–H groups in total. The number of esters is 1. The quantitative estimate of drug-likeness (QED) is 0.785. The van der Waals surface area contributed by atoms with Crippen molar-refractivity contribution in [3.63, 3.8) is 0 Å².